The van der Waals surface area contributed by atoms with Crippen LogP contribution < -0.4 is 0 Å². The molecule has 0 aromatic rings. The maximum absolute atomic E-state index is 9.47. The van der Waals surface area contributed by atoms with Gasteiger partial charge in [-0.05, 0) is 6.90 Å². The molecule has 1 fully saturated rings. The lowest BCUT2D eigenvalue weighted by molar-refractivity contribution is -0.182. The van der Waals surface area contributed by atoms with E-state index in [0.29, 0.717) is 0 Å². The standard InChI is InChI=1S/C7H14O5/c1-7(3-8)5(10)4(9)6(11-2)12-7/h4-6,8-10H,3H2,1-2H3/t4-,5+,6?,7-/m1/s1/i1D. The van der Waals surface area contributed by atoms with E-state index in [-0.39, 0.29) is 6.90 Å². The molecule has 0 amide bonds. The lowest BCUT2D eigenvalue weighted by Gasteiger charge is -2.24. The van der Waals surface area contributed by atoms with Gasteiger partial charge in [-0.3, -0.25) is 0 Å². The monoisotopic (exact) mass is 179 g/mol. The fraction of sp³-hybridized carbons (Fsp3) is 1.00. The van der Waals surface area contributed by atoms with Gasteiger partial charge in [0, 0.05) is 8.48 Å². The van der Waals surface area contributed by atoms with Gasteiger partial charge in [-0.25, -0.2) is 0 Å². The highest BCUT2D eigenvalue weighted by molar-refractivity contribution is 4.96. The van der Waals surface area contributed by atoms with Crippen LogP contribution >= 0.6 is 0 Å². The molecular formula is C7H14O5. The zero-order valence-corrected chi connectivity index (χ0v) is 6.80. The molecular weight excluding hydrogens is 164 g/mol. The first-order valence-corrected chi connectivity index (χ1v) is 3.58. The zero-order chi connectivity index (χ0) is 10.1. The van der Waals surface area contributed by atoms with Crippen LogP contribution in [0.25, 0.3) is 0 Å². The highest BCUT2D eigenvalue weighted by Gasteiger charge is 2.51. The van der Waals surface area contributed by atoms with Gasteiger partial charge >= 0.3 is 0 Å². The molecule has 0 aromatic carbocycles. The average molecular weight is 179 g/mol. The quantitative estimate of drug-likeness (QED) is 0.479. The maximum Gasteiger partial charge on any atom is 0.186 e. The largest absolute Gasteiger partial charge is 0.393 e. The third kappa shape index (κ3) is 1.34. The van der Waals surface area contributed by atoms with Crippen molar-refractivity contribution in [1.29, 1.82) is 0 Å². The topological polar surface area (TPSA) is 79.2 Å². The number of ether oxygens (including phenoxy) is 2. The fourth-order valence-corrected chi connectivity index (χ4v) is 1.15. The van der Waals surface area contributed by atoms with Crippen LogP contribution in [0.5, 0.6) is 0 Å². The molecule has 0 aliphatic carbocycles. The number of hydrogen-bond acceptors (Lipinski definition) is 5. The van der Waals surface area contributed by atoms with Gasteiger partial charge in [0.1, 0.15) is 17.8 Å². The van der Waals surface area contributed by atoms with E-state index in [1.165, 1.54) is 7.11 Å². The molecule has 1 unspecified atom stereocenters. The maximum atomic E-state index is 9.47. The minimum Gasteiger partial charge on any atom is -0.393 e. The van der Waals surface area contributed by atoms with Crippen molar-refractivity contribution in [3.05, 3.63) is 0 Å². The Morgan fingerprint density at radius 1 is 1.67 bits per heavy atom. The van der Waals surface area contributed by atoms with E-state index in [2.05, 4.69) is 0 Å². The average Bonchev–Trinajstić information content (AvgIpc) is 2.42. The first-order chi connectivity index (χ1) is 6.11. The molecule has 1 heterocycles. The van der Waals surface area contributed by atoms with Crippen molar-refractivity contribution < 1.29 is 26.2 Å². The Bertz CT molecular complexity index is 172. The Kier molecular flexibility index (Phi) is 2.29. The predicted octanol–water partition coefficient (Wildman–Crippen LogP) is -1.54. The van der Waals surface area contributed by atoms with E-state index in [1.54, 1.807) is 0 Å². The van der Waals surface area contributed by atoms with Gasteiger partial charge in [-0.2, -0.15) is 0 Å². The van der Waals surface area contributed by atoms with Gasteiger partial charge in [0.05, 0.1) is 6.61 Å². The number of aliphatic hydroxyl groups excluding tert-OH is 3. The van der Waals surface area contributed by atoms with Crippen molar-refractivity contribution in [1.82, 2.24) is 0 Å². The van der Waals surface area contributed by atoms with Gasteiger partial charge in [-0.15, -0.1) is 0 Å². The molecule has 0 radical (unpaired) electrons. The molecule has 1 aliphatic rings. The summed E-state index contributed by atoms with van der Waals surface area (Å²) in [6.45, 7) is -0.851. The molecule has 0 aromatic heterocycles. The van der Waals surface area contributed by atoms with Crippen molar-refractivity contribution in [2.45, 2.75) is 31.0 Å². The summed E-state index contributed by atoms with van der Waals surface area (Å²) in [6, 6.07) is 0. The second kappa shape index (κ2) is 3.27. The van der Waals surface area contributed by atoms with Crippen LogP contribution in [0.15, 0.2) is 0 Å². The van der Waals surface area contributed by atoms with Crippen LogP contribution in [0, 0.1) is 0 Å². The minimum absolute atomic E-state index is 0.332. The van der Waals surface area contributed by atoms with Gasteiger partial charge in [0.15, 0.2) is 6.29 Å². The van der Waals surface area contributed by atoms with Crippen molar-refractivity contribution in [2.75, 3.05) is 13.7 Å². The second-order valence-electron chi connectivity index (χ2n) is 2.88. The van der Waals surface area contributed by atoms with Crippen molar-refractivity contribution >= 4 is 0 Å². The van der Waals surface area contributed by atoms with E-state index in [9.17, 15) is 10.2 Å². The van der Waals surface area contributed by atoms with Crippen LogP contribution in [0.3, 0.4) is 0 Å². The molecule has 1 aliphatic heterocycles. The highest BCUT2D eigenvalue weighted by Crippen LogP contribution is 2.30. The van der Waals surface area contributed by atoms with Gasteiger partial charge in [-0.1, -0.05) is 0 Å². The Balaban J connectivity index is 2.79. The summed E-state index contributed by atoms with van der Waals surface area (Å²) in [4.78, 5) is 0. The molecule has 4 atom stereocenters. The Morgan fingerprint density at radius 3 is 2.58 bits per heavy atom. The predicted molar refractivity (Wildman–Crippen MR) is 39.4 cm³/mol. The normalized spacial score (nSPS) is 49.3. The highest BCUT2D eigenvalue weighted by atomic mass is 16.7. The summed E-state index contributed by atoms with van der Waals surface area (Å²) in [5, 5.41) is 27.8. The first kappa shape index (κ1) is 8.40. The molecule has 1 rings (SSSR count). The molecule has 12 heavy (non-hydrogen) atoms. The summed E-state index contributed by atoms with van der Waals surface area (Å²) < 4.78 is 16.9. The van der Waals surface area contributed by atoms with Gasteiger partial charge < -0.3 is 24.8 Å². The molecule has 5 heteroatoms. The van der Waals surface area contributed by atoms with Crippen molar-refractivity contribution in [3.63, 3.8) is 0 Å². The van der Waals surface area contributed by atoms with E-state index < -0.39 is 30.7 Å². The van der Waals surface area contributed by atoms with Gasteiger partial charge in [0.25, 0.3) is 0 Å². The Morgan fingerprint density at radius 2 is 2.33 bits per heavy atom. The number of aliphatic hydroxyl groups is 3. The summed E-state index contributed by atoms with van der Waals surface area (Å²) >= 11 is 0. The Hall–Kier alpha value is -0.200. The molecule has 72 valence electrons. The Labute approximate surface area is 71.9 Å². The summed E-state index contributed by atoms with van der Waals surface area (Å²) in [5.41, 5.74) is -1.42. The van der Waals surface area contributed by atoms with Crippen LogP contribution in [0.2, 0.25) is 0 Å². The molecule has 0 bridgehead atoms. The van der Waals surface area contributed by atoms with Crippen LogP contribution in [-0.2, 0) is 9.47 Å². The smallest absolute Gasteiger partial charge is 0.186 e. The van der Waals surface area contributed by atoms with Crippen LogP contribution in [0.1, 0.15) is 8.27 Å². The van der Waals surface area contributed by atoms with E-state index in [4.69, 9.17) is 16.0 Å². The van der Waals surface area contributed by atoms with E-state index in [0.717, 1.165) is 0 Å². The molecule has 0 saturated carbocycles. The third-order valence-electron chi connectivity index (χ3n) is 1.99. The van der Waals surface area contributed by atoms with Crippen molar-refractivity contribution in [2.24, 2.45) is 0 Å². The van der Waals surface area contributed by atoms with E-state index >= 15 is 0 Å². The number of hydrogen-bond donors (Lipinski definition) is 3. The van der Waals surface area contributed by atoms with Crippen LogP contribution in [-0.4, -0.2) is 53.1 Å². The van der Waals surface area contributed by atoms with Crippen LogP contribution in [0.4, 0.5) is 0 Å². The van der Waals surface area contributed by atoms with Crippen molar-refractivity contribution in [3.8, 4) is 0 Å². The molecule has 0 spiro atoms. The number of rotatable bonds is 2. The molecule has 1 saturated heterocycles. The summed E-state index contributed by atoms with van der Waals surface area (Å²) in [6.07, 6.45) is -3.49. The fourth-order valence-electron chi connectivity index (χ4n) is 1.15. The SMILES string of the molecule is [2H]C[C@]1(CO)OC(OC)[C@H](O)[C@@H]1O. The van der Waals surface area contributed by atoms with E-state index in [1.807, 2.05) is 0 Å². The lowest BCUT2D eigenvalue weighted by Crippen LogP contribution is -2.43. The first-order valence-electron chi connectivity index (χ1n) is 4.29. The summed E-state index contributed by atoms with van der Waals surface area (Å²) in [7, 11) is 1.32. The summed E-state index contributed by atoms with van der Waals surface area (Å²) in [5.74, 6) is 0. The third-order valence-corrected chi connectivity index (χ3v) is 1.99. The molecule has 3 N–H and O–H groups in total. The van der Waals surface area contributed by atoms with Gasteiger partial charge in [0.2, 0.25) is 0 Å². The second-order valence-corrected chi connectivity index (χ2v) is 2.88. The molecule has 5 nitrogen and oxygen atoms in total. The minimum atomic E-state index is -1.42. The number of methoxy groups -OCH3 is 1. The zero-order valence-electron chi connectivity index (χ0n) is 7.80. The lowest BCUT2D eigenvalue weighted by atomic mass is 9.99.